The number of halogens is 2. The molecule has 1 aliphatic carbocycles. The van der Waals surface area contributed by atoms with Crippen molar-refractivity contribution in [2.45, 2.75) is 50.8 Å². The lowest BCUT2D eigenvalue weighted by atomic mass is 9.76. The third-order valence-corrected chi connectivity index (χ3v) is 5.02. The van der Waals surface area contributed by atoms with Crippen molar-refractivity contribution < 1.29 is 9.13 Å². The lowest BCUT2D eigenvalue weighted by molar-refractivity contribution is 0.255. The predicted molar refractivity (Wildman–Crippen MR) is 82.0 cm³/mol. The van der Waals surface area contributed by atoms with Gasteiger partial charge in [-0.2, -0.15) is 0 Å². The molecule has 1 aromatic carbocycles. The van der Waals surface area contributed by atoms with Gasteiger partial charge in [0.05, 0.1) is 7.11 Å². The van der Waals surface area contributed by atoms with Crippen LogP contribution < -0.4 is 4.74 Å². The molecule has 3 unspecified atom stereocenters. The highest BCUT2D eigenvalue weighted by atomic mass is 35.5. The van der Waals surface area contributed by atoms with Crippen molar-refractivity contribution in [1.29, 1.82) is 0 Å². The Morgan fingerprint density at radius 3 is 2.85 bits per heavy atom. The van der Waals surface area contributed by atoms with Crippen LogP contribution in [0.25, 0.3) is 0 Å². The smallest absolute Gasteiger partial charge is 0.168 e. The summed E-state index contributed by atoms with van der Waals surface area (Å²) in [6.45, 7) is 2.23. The van der Waals surface area contributed by atoms with E-state index < -0.39 is 0 Å². The lowest BCUT2D eigenvalue weighted by Gasteiger charge is -2.33. The molecular formula is C17H24ClFO. The van der Waals surface area contributed by atoms with Crippen LogP contribution >= 0.6 is 11.6 Å². The van der Waals surface area contributed by atoms with Gasteiger partial charge in [-0.05, 0) is 49.1 Å². The Kier molecular flexibility index (Phi) is 5.71. The van der Waals surface area contributed by atoms with E-state index in [9.17, 15) is 4.39 Å². The van der Waals surface area contributed by atoms with Crippen molar-refractivity contribution in [3.8, 4) is 5.75 Å². The summed E-state index contributed by atoms with van der Waals surface area (Å²) >= 11 is 6.47. The van der Waals surface area contributed by atoms with Crippen molar-refractivity contribution in [3.63, 3.8) is 0 Å². The summed E-state index contributed by atoms with van der Waals surface area (Å²) in [5, 5.41) is 0.175. The molecule has 0 bridgehead atoms. The molecule has 0 N–H and O–H groups in total. The quantitative estimate of drug-likeness (QED) is 0.679. The standard InChI is InChI=1S/C17H24ClFO/c1-3-5-12-8-9-15(18)14(10-12)11-13-6-4-7-16(20-2)17(13)19/h4,6-7,12,14-15H,3,5,8-11H2,1-2H3. The molecule has 0 heterocycles. The summed E-state index contributed by atoms with van der Waals surface area (Å²) in [5.74, 6) is 1.24. The van der Waals surface area contributed by atoms with Crippen LogP contribution in [0.2, 0.25) is 0 Å². The topological polar surface area (TPSA) is 9.23 Å². The van der Waals surface area contributed by atoms with E-state index in [1.807, 2.05) is 12.1 Å². The number of benzene rings is 1. The van der Waals surface area contributed by atoms with E-state index in [-0.39, 0.29) is 11.2 Å². The van der Waals surface area contributed by atoms with Crippen LogP contribution in [-0.2, 0) is 6.42 Å². The van der Waals surface area contributed by atoms with E-state index in [2.05, 4.69) is 6.92 Å². The van der Waals surface area contributed by atoms with Crippen LogP contribution in [0.15, 0.2) is 18.2 Å². The third kappa shape index (κ3) is 3.66. The van der Waals surface area contributed by atoms with E-state index in [4.69, 9.17) is 16.3 Å². The molecule has 0 aromatic heterocycles. The van der Waals surface area contributed by atoms with Crippen molar-refractivity contribution in [2.24, 2.45) is 11.8 Å². The summed E-state index contributed by atoms with van der Waals surface area (Å²) in [4.78, 5) is 0. The number of hydrogen-bond donors (Lipinski definition) is 0. The van der Waals surface area contributed by atoms with Gasteiger partial charge in [-0.3, -0.25) is 0 Å². The highest BCUT2D eigenvalue weighted by molar-refractivity contribution is 6.20. The van der Waals surface area contributed by atoms with E-state index in [0.29, 0.717) is 11.7 Å². The molecule has 0 saturated heterocycles. The molecule has 0 aliphatic heterocycles. The molecule has 0 spiro atoms. The van der Waals surface area contributed by atoms with Crippen molar-refractivity contribution in [2.75, 3.05) is 7.11 Å². The molecule has 0 amide bonds. The van der Waals surface area contributed by atoms with E-state index in [1.54, 1.807) is 6.07 Å². The Labute approximate surface area is 126 Å². The maximum Gasteiger partial charge on any atom is 0.168 e. The second-order valence-corrected chi connectivity index (χ2v) is 6.44. The SMILES string of the molecule is CCCC1CCC(Cl)C(Cc2cccc(OC)c2F)C1. The van der Waals surface area contributed by atoms with E-state index >= 15 is 0 Å². The third-order valence-electron chi connectivity index (χ3n) is 4.44. The molecule has 3 atom stereocenters. The van der Waals surface area contributed by atoms with Crippen molar-refractivity contribution in [1.82, 2.24) is 0 Å². The lowest BCUT2D eigenvalue weighted by Crippen LogP contribution is -2.27. The van der Waals surface area contributed by atoms with E-state index in [1.165, 1.54) is 26.4 Å². The molecule has 1 aromatic rings. The number of alkyl halides is 1. The highest BCUT2D eigenvalue weighted by Gasteiger charge is 2.29. The maximum absolute atomic E-state index is 14.2. The van der Waals surface area contributed by atoms with Crippen LogP contribution in [0.4, 0.5) is 4.39 Å². The zero-order chi connectivity index (χ0) is 14.5. The van der Waals surface area contributed by atoms with Crippen LogP contribution in [-0.4, -0.2) is 12.5 Å². The van der Waals surface area contributed by atoms with Gasteiger partial charge in [0.1, 0.15) is 0 Å². The average molecular weight is 299 g/mol. The minimum absolute atomic E-state index is 0.175. The number of methoxy groups -OCH3 is 1. The summed E-state index contributed by atoms with van der Waals surface area (Å²) in [6.07, 6.45) is 6.61. The fraction of sp³-hybridized carbons (Fsp3) is 0.647. The van der Waals surface area contributed by atoms with Crippen molar-refractivity contribution in [3.05, 3.63) is 29.6 Å². The molecule has 20 heavy (non-hydrogen) atoms. The fourth-order valence-corrected chi connectivity index (χ4v) is 3.68. The zero-order valence-corrected chi connectivity index (χ0v) is 13.1. The minimum Gasteiger partial charge on any atom is -0.494 e. The highest BCUT2D eigenvalue weighted by Crippen LogP contribution is 2.37. The first kappa shape index (κ1) is 15.6. The summed E-state index contributed by atoms with van der Waals surface area (Å²) in [5.41, 5.74) is 0.733. The largest absolute Gasteiger partial charge is 0.494 e. The first-order chi connectivity index (χ1) is 9.65. The normalized spacial score (nSPS) is 26.5. The Hall–Kier alpha value is -0.760. The maximum atomic E-state index is 14.2. The first-order valence-electron chi connectivity index (χ1n) is 7.61. The number of hydrogen-bond acceptors (Lipinski definition) is 1. The summed E-state index contributed by atoms with van der Waals surface area (Å²) < 4.78 is 19.3. The Morgan fingerprint density at radius 1 is 1.35 bits per heavy atom. The van der Waals surface area contributed by atoms with Crippen LogP contribution in [0.1, 0.15) is 44.6 Å². The molecule has 3 heteroatoms. The molecule has 2 rings (SSSR count). The van der Waals surface area contributed by atoms with Crippen LogP contribution in [0.3, 0.4) is 0 Å². The Bertz CT molecular complexity index is 435. The van der Waals surface area contributed by atoms with Gasteiger partial charge in [0.25, 0.3) is 0 Å². The van der Waals surface area contributed by atoms with Crippen LogP contribution in [0, 0.1) is 17.7 Å². The number of rotatable bonds is 5. The summed E-state index contributed by atoms with van der Waals surface area (Å²) in [6, 6.07) is 5.37. The number of ether oxygens (including phenoxy) is 1. The molecule has 1 nitrogen and oxygen atoms in total. The van der Waals surface area contributed by atoms with Gasteiger partial charge in [-0.1, -0.05) is 31.9 Å². The molecule has 1 aliphatic rings. The Balaban J connectivity index is 2.07. The molecular weight excluding hydrogens is 275 g/mol. The minimum atomic E-state index is -0.225. The van der Waals surface area contributed by atoms with Gasteiger partial charge in [0.2, 0.25) is 0 Å². The first-order valence-corrected chi connectivity index (χ1v) is 8.04. The van der Waals surface area contributed by atoms with Gasteiger partial charge < -0.3 is 4.74 Å². The van der Waals surface area contributed by atoms with Crippen LogP contribution in [0.5, 0.6) is 5.75 Å². The van der Waals surface area contributed by atoms with Crippen molar-refractivity contribution >= 4 is 11.6 Å². The molecule has 112 valence electrons. The van der Waals surface area contributed by atoms with Gasteiger partial charge in [-0.25, -0.2) is 4.39 Å². The van der Waals surface area contributed by atoms with Gasteiger partial charge >= 0.3 is 0 Å². The van der Waals surface area contributed by atoms with Gasteiger partial charge in [0.15, 0.2) is 11.6 Å². The fourth-order valence-electron chi connectivity index (χ4n) is 3.36. The predicted octanol–water partition coefficient (Wildman–Crippen LogP) is 5.20. The average Bonchev–Trinajstić information content (AvgIpc) is 2.45. The Morgan fingerprint density at radius 2 is 2.15 bits per heavy atom. The monoisotopic (exact) mass is 298 g/mol. The molecule has 1 fully saturated rings. The second kappa shape index (κ2) is 7.31. The zero-order valence-electron chi connectivity index (χ0n) is 12.4. The summed E-state index contributed by atoms with van der Waals surface area (Å²) in [7, 11) is 1.50. The van der Waals surface area contributed by atoms with E-state index in [0.717, 1.165) is 30.7 Å². The second-order valence-electron chi connectivity index (χ2n) is 5.88. The van der Waals surface area contributed by atoms with Gasteiger partial charge in [-0.15, -0.1) is 11.6 Å². The molecule has 1 saturated carbocycles. The molecule has 0 radical (unpaired) electrons. The van der Waals surface area contributed by atoms with Gasteiger partial charge in [0, 0.05) is 5.38 Å².